The molecule has 0 aromatic heterocycles. The van der Waals surface area contributed by atoms with Crippen molar-refractivity contribution in [2.24, 2.45) is 0 Å². The Morgan fingerprint density at radius 1 is 1.38 bits per heavy atom. The Morgan fingerprint density at radius 3 is 2.46 bits per heavy atom. The van der Waals surface area contributed by atoms with Gasteiger partial charge in [0.25, 0.3) is 0 Å². The fourth-order valence-electron chi connectivity index (χ4n) is 1.16. The smallest absolute Gasteiger partial charge is 0.124 e. The van der Waals surface area contributed by atoms with Crippen LogP contribution in [0.1, 0.15) is 11.6 Å². The van der Waals surface area contributed by atoms with Crippen LogP contribution in [-0.4, -0.2) is 19.0 Å². The fraction of sp³-hybridized carbons (Fsp3) is 0.300. The molecule has 0 saturated carbocycles. The zero-order valence-corrected chi connectivity index (χ0v) is 8.42. The van der Waals surface area contributed by atoms with Gasteiger partial charge in [0.2, 0.25) is 0 Å². The summed E-state index contributed by atoms with van der Waals surface area (Å²) in [6.45, 7) is 0. The van der Waals surface area contributed by atoms with Crippen LogP contribution in [0.5, 0.6) is 0 Å². The molecule has 0 aliphatic carbocycles. The number of halogens is 1. The Labute approximate surface area is 83.3 Å². The molecule has 2 nitrogen and oxygen atoms in total. The lowest BCUT2D eigenvalue weighted by atomic mass is 10.1. The highest BCUT2D eigenvalue weighted by Gasteiger charge is 2.14. The van der Waals surface area contributed by atoms with Crippen LogP contribution >= 0.6 is 11.6 Å². The average Bonchev–Trinajstić information content (AvgIpc) is 2.09. The third kappa shape index (κ3) is 2.21. The van der Waals surface area contributed by atoms with E-state index in [1.807, 2.05) is 37.2 Å². The van der Waals surface area contributed by atoms with Crippen LogP contribution < -0.4 is 0 Å². The summed E-state index contributed by atoms with van der Waals surface area (Å²) in [6, 6.07) is 9.34. The number of benzene rings is 1. The number of nitriles is 1. The number of nitrogens with zero attached hydrogens (tertiary/aromatic N) is 2. The second-order valence-corrected chi connectivity index (χ2v) is 3.42. The molecule has 0 fully saturated rings. The summed E-state index contributed by atoms with van der Waals surface area (Å²) in [5.41, 5.74) is 0.858. The van der Waals surface area contributed by atoms with Crippen molar-refractivity contribution < 1.29 is 0 Å². The van der Waals surface area contributed by atoms with Gasteiger partial charge >= 0.3 is 0 Å². The first-order chi connectivity index (χ1) is 6.16. The number of hydrogen-bond donors (Lipinski definition) is 0. The van der Waals surface area contributed by atoms with E-state index >= 15 is 0 Å². The minimum atomic E-state index is -0.270. The summed E-state index contributed by atoms with van der Waals surface area (Å²) in [5.74, 6) is 0. The highest BCUT2D eigenvalue weighted by molar-refractivity contribution is 6.31. The Kier molecular flexibility index (Phi) is 3.30. The number of hydrogen-bond acceptors (Lipinski definition) is 2. The van der Waals surface area contributed by atoms with E-state index in [0.29, 0.717) is 5.02 Å². The van der Waals surface area contributed by atoms with Gasteiger partial charge < -0.3 is 0 Å². The minimum Gasteiger partial charge on any atom is -0.290 e. The van der Waals surface area contributed by atoms with E-state index in [-0.39, 0.29) is 6.04 Å². The van der Waals surface area contributed by atoms with Crippen LogP contribution in [0, 0.1) is 11.3 Å². The topological polar surface area (TPSA) is 27.0 Å². The first kappa shape index (κ1) is 10.0. The van der Waals surface area contributed by atoms with Gasteiger partial charge in [0.05, 0.1) is 6.07 Å². The molecule has 68 valence electrons. The van der Waals surface area contributed by atoms with E-state index in [9.17, 15) is 0 Å². The molecule has 1 atom stereocenters. The van der Waals surface area contributed by atoms with Crippen LogP contribution in [0.25, 0.3) is 0 Å². The van der Waals surface area contributed by atoms with Gasteiger partial charge in [-0.25, -0.2) is 0 Å². The molecular weight excluding hydrogens is 184 g/mol. The lowest BCUT2D eigenvalue weighted by Gasteiger charge is -2.18. The van der Waals surface area contributed by atoms with E-state index in [0.717, 1.165) is 5.56 Å². The van der Waals surface area contributed by atoms with E-state index in [1.54, 1.807) is 6.07 Å². The van der Waals surface area contributed by atoms with Crippen molar-refractivity contribution in [3.63, 3.8) is 0 Å². The van der Waals surface area contributed by atoms with Crippen molar-refractivity contribution in [2.75, 3.05) is 14.1 Å². The molecule has 0 radical (unpaired) electrons. The normalized spacial score (nSPS) is 12.5. The van der Waals surface area contributed by atoms with Crippen LogP contribution in [-0.2, 0) is 0 Å². The molecule has 3 heteroatoms. The molecule has 1 rings (SSSR count). The third-order valence-corrected chi connectivity index (χ3v) is 2.18. The zero-order chi connectivity index (χ0) is 9.84. The Bertz CT molecular complexity index is 328. The summed E-state index contributed by atoms with van der Waals surface area (Å²) in [5, 5.41) is 9.57. The molecule has 0 spiro atoms. The minimum absolute atomic E-state index is 0.270. The number of rotatable bonds is 2. The van der Waals surface area contributed by atoms with Crippen molar-refractivity contribution in [1.29, 1.82) is 5.26 Å². The van der Waals surface area contributed by atoms with Crippen molar-refractivity contribution in [3.05, 3.63) is 34.9 Å². The molecule has 0 unspecified atom stereocenters. The van der Waals surface area contributed by atoms with Gasteiger partial charge in [-0.15, -0.1) is 0 Å². The maximum atomic E-state index is 8.92. The molecule has 0 bridgehead atoms. The second-order valence-electron chi connectivity index (χ2n) is 3.02. The SMILES string of the molecule is CN(C)[C@@H](C#N)c1ccccc1Cl. The van der Waals surface area contributed by atoms with Gasteiger partial charge in [-0.3, -0.25) is 4.90 Å². The highest BCUT2D eigenvalue weighted by Crippen LogP contribution is 2.24. The van der Waals surface area contributed by atoms with Gasteiger partial charge in [0, 0.05) is 10.6 Å². The molecular formula is C10H11ClN2. The summed E-state index contributed by atoms with van der Waals surface area (Å²) in [6.07, 6.45) is 0. The van der Waals surface area contributed by atoms with Gasteiger partial charge in [0.15, 0.2) is 0 Å². The lowest BCUT2D eigenvalue weighted by Crippen LogP contribution is -2.18. The average molecular weight is 195 g/mol. The first-order valence-electron chi connectivity index (χ1n) is 3.97. The molecule has 0 aliphatic rings. The summed E-state index contributed by atoms with van der Waals surface area (Å²) < 4.78 is 0. The van der Waals surface area contributed by atoms with Crippen molar-refractivity contribution in [3.8, 4) is 6.07 Å². The molecule has 1 aromatic carbocycles. The van der Waals surface area contributed by atoms with E-state index in [2.05, 4.69) is 6.07 Å². The standard InChI is InChI=1S/C10H11ClN2/c1-13(2)10(7-12)8-5-3-4-6-9(8)11/h3-6,10H,1-2H3/t10-/m0/s1. The van der Waals surface area contributed by atoms with Gasteiger partial charge in [-0.2, -0.15) is 5.26 Å². The van der Waals surface area contributed by atoms with E-state index in [1.165, 1.54) is 0 Å². The van der Waals surface area contributed by atoms with Gasteiger partial charge in [-0.1, -0.05) is 29.8 Å². The van der Waals surface area contributed by atoms with Crippen molar-refractivity contribution in [1.82, 2.24) is 4.90 Å². The van der Waals surface area contributed by atoms with Gasteiger partial charge in [0.1, 0.15) is 6.04 Å². The predicted octanol–water partition coefficient (Wildman–Crippen LogP) is 2.47. The molecule has 1 aromatic rings. The monoisotopic (exact) mass is 194 g/mol. The second kappa shape index (κ2) is 4.27. The van der Waals surface area contributed by atoms with E-state index < -0.39 is 0 Å². The molecule has 0 heterocycles. The van der Waals surface area contributed by atoms with Crippen LogP contribution in [0.15, 0.2) is 24.3 Å². The first-order valence-corrected chi connectivity index (χ1v) is 4.35. The Balaban J connectivity index is 3.07. The Hall–Kier alpha value is -1.04. The van der Waals surface area contributed by atoms with Gasteiger partial charge in [-0.05, 0) is 20.2 Å². The maximum Gasteiger partial charge on any atom is 0.124 e. The largest absolute Gasteiger partial charge is 0.290 e. The quantitative estimate of drug-likeness (QED) is 0.723. The third-order valence-electron chi connectivity index (χ3n) is 1.84. The summed E-state index contributed by atoms with van der Waals surface area (Å²) in [4.78, 5) is 1.83. The lowest BCUT2D eigenvalue weighted by molar-refractivity contribution is 0.358. The fourth-order valence-corrected chi connectivity index (χ4v) is 1.40. The summed E-state index contributed by atoms with van der Waals surface area (Å²) in [7, 11) is 3.72. The molecule has 0 N–H and O–H groups in total. The molecule has 0 saturated heterocycles. The summed E-state index contributed by atoms with van der Waals surface area (Å²) >= 11 is 5.96. The molecule has 13 heavy (non-hydrogen) atoms. The van der Waals surface area contributed by atoms with E-state index in [4.69, 9.17) is 16.9 Å². The van der Waals surface area contributed by atoms with Crippen molar-refractivity contribution >= 4 is 11.6 Å². The van der Waals surface area contributed by atoms with Crippen LogP contribution in [0.3, 0.4) is 0 Å². The highest BCUT2D eigenvalue weighted by atomic mass is 35.5. The van der Waals surface area contributed by atoms with Crippen molar-refractivity contribution in [2.45, 2.75) is 6.04 Å². The molecule has 0 aliphatic heterocycles. The predicted molar refractivity (Wildman–Crippen MR) is 53.5 cm³/mol. The van der Waals surface area contributed by atoms with Crippen LogP contribution in [0.4, 0.5) is 0 Å². The zero-order valence-electron chi connectivity index (χ0n) is 7.66. The Morgan fingerprint density at radius 2 is 2.00 bits per heavy atom. The van der Waals surface area contributed by atoms with Crippen LogP contribution in [0.2, 0.25) is 5.02 Å². The molecule has 0 amide bonds. The maximum absolute atomic E-state index is 8.92.